The highest BCUT2D eigenvalue weighted by molar-refractivity contribution is 7.91. The summed E-state index contributed by atoms with van der Waals surface area (Å²) in [5.74, 6) is 0.681. The van der Waals surface area contributed by atoms with E-state index in [4.69, 9.17) is 0 Å². The van der Waals surface area contributed by atoms with Crippen LogP contribution in [0.4, 0.5) is 0 Å². The van der Waals surface area contributed by atoms with Crippen LogP contribution in [0, 0.1) is 0 Å². The van der Waals surface area contributed by atoms with E-state index in [2.05, 4.69) is 107 Å². The van der Waals surface area contributed by atoms with Gasteiger partial charge in [0.1, 0.15) is 9.49 Å². The van der Waals surface area contributed by atoms with Crippen LogP contribution in [-0.2, 0) is 35.6 Å². The number of hydrogen-bond donors (Lipinski definition) is 2. The predicted molar refractivity (Wildman–Crippen MR) is 194 cm³/mol. The maximum Gasteiger partial charge on any atom is 0.136 e. The fraction of sp³-hybridized carbons (Fsp3) is 0.400. The molecule has 2 aliphatic carbocycles. The van der Waals surface area contributed by atoms with E-state index in [1.54, 1.807) is 0 Å². The number of rotatable bonds is 7. The topological polar surface area (TPSA) is 70.2 Å². The predicted octanol–water partition coefficient (Wildman–Crippen LogP) is 9.00. The van der Waals surface area contributed by atoms with E-state index < -0.39 is 22.7 Å². The van der Waals surface area contributed by atoms with Gasteiger partial charge in [0.25, 0.3) is 0 Å². The fourth-order valence-electron chi connectivity index (χ4n) is 6.92. The lowest BCUT2D eigenvalue weighted by molar-refractivity contribution is 0.456. The fourth-order valence-corrected chi connectivity index (χ4v) is 8.59. The summed E-state index contributed by atoms with van der Waals surface area (Å²) in [4.78, 5) is 0. The second kappa shape index (κ2) is 13.5. The van der Waals surface area contributed by atoms with Gasteiger partial charge in [-0.3, -0.25) is 0 Å². The minimum atomic E-state index is -1.16. The molecular formula is C40H48N2O2S2. The molecule has 4 aromatic carbocycles. The molecule has 242 valence electrons. The summed E-state index contributed by atoms with van der Waals surface area (Å²) in [7, 11) is 0. The Bertz CT molecular complexity index is 1650. The summed E-state index contributed by atoms with van der Waals surface area (Å²) in [6.45, 7) is 12.1. The summed E-state index contributed by atoms with van der Waals surface area (Å²) in [6.07, 6.45) is 3.77. The third kappa shape index (κ3) is 7.43. The molecule has 0 radical (unpaired) electrons. The lowest BCUT2D eigenvalue weighted by atomic mass is 9.76. The monoisotopic (exact) mass is 652 g/mol. The summed E-state index contributed by atoms with van der Waals surface area (Å²) in [6, 6.07) is 35.3. The smallest absolute Gasteiger partial charge is 0.136 e. The molecule has 0 aromatic heterocycles. The van der Waals surface area contributed by atoms with Crippen LogP contribution in [0.15, 0.2) is 97.1 Å². The van der Waals surface area contributed by atoms with Gasteiger partial charge in [-0.05, 0) is 124 Å². The molecule has 4 aromatic rings. The first-order chi connectivity index (χ1) is 21.9. The van der Waals surface area contributed by atoms with E-state index in [1.807, 2.05) is 41.5 Å². The lowest BCUT2D eigenvalue weighted by Crippen LogP contribution is -2.42. The molecule has 0 saturated heterocycles. The number of benzene rings is 4. The molecule has 6 heteroatoms. The largest absolute Gasteiger partial charge is 0.598 e. The van der Waals surface area contributed by atoms with Crippen molar-refractivity contribution >= 4 is 22.7 Å². The Morgan fingerprint density at radius 2 is 1.07 bits per heavy atom. The van der Waals surface area contributed by atoms with Gasteiger partial charge in [-0.15, -0.1) is 9.44 Å². The Hall–Kier alpha value is -2.58. The lowest BCUT2D eigenvalue weighted by Gasteiger charge is -2.35. The summed E-state index contributed by atoms with van der Waals surface area (Å²) in [5.41, 5.74) is 10.3. The Morgan fingerprint density at radius 1 is 0.543 bits per heavy atom. The van der Waals surface area contributed by atoms with Gasteiger partial charge in [-0.1, -0.05) is 97.1 Å². The second-order valence-corrected chi connectivity index (χ2v) is 19.0. The van der Waals surface area contributed by atoms with Gasteiger partial charge < -0.3 is 9.11 Å². The van der Waals surface area contributed by atoms with Crippen molar-refractivity contribution in [1.29, 1.82) is 0 Å². The second-order valence-electron chi connectivity index (χ2n) is 15.0. The van der Waals surface area contributed by atoms with Crippen molar-refractivity contribution in [2.24, 2.45) is 0 Å². The van der Waals surface area contributed by atoms with Crippen LogP contribution < -0.4 is 9.44 Å². The Kier molecular flexibility index (Phi) is 9.78. The van der Waals surface area contributed by atoms with Gasteiger partial charge in [0.05, 0.1) is 12.1 Å². The van der Waals surface area contributed by atoms with Crippen molar-refractivity contribution in [2.75, 3.05) is 0 Å². The molecule has 0 heterocycles. The minimum Gasteiger partial charge on any atom is -0.598 e. The zero-order chi connectivity index (χ0) is 32.6. The molecule has 0 saturated carbocycles. The van der Waals surface area contributed by atoms with E-state index in [0.717, 1.165) is 25.7 Å². The van der Waals surface area contributed by atoms with Crippen LogP contribution in [0.5, 0.6) is 0 Å². The Balaban J connectivity index is 1.30. The Labute approximate surface area is 282 Å². The van der Waals surface area contributed by atoms with Crippen molar-refractivity contribution < 1.29 is 9.11 Å². The van der Waals surface area contributed by atoms with Crippen LogP contribution in [0.2, 0.25) is 0 Å². The standard InChI is InChI=1S/C40H48N2O2S2/c1-39(2,3)45(43)41-37-26-33(23-31-15-10-11-18-35(31)37)29-17-12-16-28(21-29)30-19-20-36-34(22-30)24-32(27-13-8-7-9-14-27)25-38(36)42-46(44)40(4,5)6/h7-22,32-33,37-38,41-42H,23-26H2,1-6H3/t32-,33+,37-,38-,45?,46?/m0/s1. The van der Waals surface area contributed by atoms with Crippen LogP contribution in [0.1, 0.15) is 112 Å². The Morgan fingerprint density at radius 3 is 1.72 bits per heavy atom. The van der Waals surface area contributed by atoms with Crippen molar-refractivity contribution in [2.45, 2.75) is 101 Å². The molecule has 6 atom stereocenters. The zero-order valence-electron chi connectivity index (χ0n) is 28.0. The SMILES string of the molecule is CC(C)(C)[S+]([O-])N[C@H]1C[C@H](c2cccc(-c3ccc4c(c3)C[C@H](c3ccccc3)C[C@@H]4N[S+]([O-])C(C)(C)C)c2)Cc2ccccc21. The average molecular weight is 653 g/mol. The molecule has 4 nitrogen and oxygen atoms in total. The van der Waals surface area contributed by atoms with Gasteiger partial charge in [-0.2, -0.15) is 0 Å². The van der Waals surface area contributed by atoms with Gasteiger partial charge in [0.15, 0.2) is 0 Å². The maximum atomic E-state index is 13.2. The molecule has 2 aliphatic rings. The first kappa shape index (κ1) is 33.3. The highest BCUT2D eigenvalue weighted by Crippen LogP contribution is 2.43. The van der Waals surface area contributed by atoms with E-state index >= 15 is 0 Å². The number of fused-ring (bicyclic) bond motifs is 2. The third-order valence-electron chi connectivity index (χ3n) is 9.50. The van der Waals surface area contributed by atoms with Crippen molar-refractivity contribution in [3.8, 4) is 11.1 Å². The van der Waals surface area contributed by atoms with Gasteiger partial charge >= 0.3 is 0 Å². The van der Waals surface area contributed by atoms with Crippen molar-refractivity contribution in [1.82, 2.24) is 9.44 Å². The summed E-state index contributed by atoms with van der Waals surface area (Å²) >= 11 is -2.32. The molecule has 0 aliphatic heterocycles. The van der Waals surface area contributed by atoms with Crippen molar-refractivity contribution in [3.63, 3.8) is 0 Å². The molecule has 46 heavy (non-hydrogen) atoms. The van der Waals surface area contributed by atoms with E-state index in [9.17, 15) is 9.11 Å². The van der Waals surface area contributed by atoms with Crippen LogP contribution in [-0.4, -0.2) is 18.6 Å². The normalized spacial score (nSPS) is 22.9. The summed E-state index contributed by atoms with van der Waals surface area (Å²) in [5, 5.41) is 0. The molecule has 6 rings (SSSR count). The van der Waals surface area contributed by atoms with Crippen molar-refractivity contribution in [3.05, 3.63) is 130 Å². The first-order valence-corrected chi connectivity index (χ1v) is 18.9. The first-order valence-electron chi connectivity index (χ1n) is 16.6. The number of nitrogens with one attached hydrogen (secondary N) is 2. The van der Waals surface area contributed by atoms with E-state index in [-0.39, 0.29) is 21.6 Å². The maximum absolute atomic E-state index is 13.2. The molecule has 0 spiro atoms. The van der Waals surface area contributed by atoms with Gasteiger partial charge in [0, 0.05) is 22.7 Å². The highest BCUT2D eigenvalue weighted by Gasteiger charge is 2.36. The molecule has 2 N–H and O–H groups in total. The highest BCUT2D eigenvalue weighted by atomic mass is 32.2. The van der Waals surface area contributed by atoms with Gasteiger partial charge in [0.2, 0.25) is 0 Å². The molecule has 0 bridgehead atoms. The minimum absolute atomic E-state index is 0.0276. The third-order valence-corrected chi connectivity index (χ3v) is 12.7. The molecule has 0 amide bonds. The van der Waals surface area contributed by atoms with E-state index in [0.29, 0.717) is 11.8 Å². The molecular weight excluding hydrogens is 605 g/mol. The average Bonchev–Trinajstić information content (AvgIpc) is 3.04. The quantitative estimate of drug-likeness (QED) is 0.196. The summed E-state index contributed by atoms with van der Waals surface area (Å²) < 4.78 is 32.7. The van der Waals surface area contributed by atoms with Crippen LogP contribution in [0.3, 0.4) is 0 Å². The van der Waals surface area contributed by atoms with E-state index in [1.165, 1.54) is 44.5 Å². The molecule has 0 fully saturated rings. The molecule has 2 unspecified atom stereocenters. The zero-order valence-corrected chi connectivity index (χ0v) is 29.6. The van der Waals surface area contributed by atoms with Crippen LogP contribution in [0.25, 0.3) is 11.1 Å². The van der Waals surface area contributed by atoms with Crippen LogP contribution >= 0.6 is 0 Å². The van der Waals surface area contributed by atoms with Gasteiger partial charge in [-0.25, -0.2) is 0 Å². The number of hydrogen-bond acceptors (Lipinski definition) is 4.